The van der Waals surface area contributed by atoms with Crippen LogP contribution in [-0.4, -0.2) is 24.9 Å². The Labute approximate surface area is 68.6 Å². The molecule has 0 aliphatic carbocycles. The highest BCUT2D eigenvalue weighted by molar-refractivity contribution is 4.83. The normalized spacial score (nSPS) is 12.5. The first-order valence-corrected chi connectivity index (χ1v) is 3.91. The molecule has 0 aliphatic rings. The molecular formula is C9H16O2. The number of hydrogen-bond donors (Lipinski definition) is 1. The van der Waals surface area contributed by atoms with Crippen molar-refractivity contribution in [1.29, 1.82) is 0 Å². The predicted molar refractivity (Wildman–Crippen MR) is 45.2 cm³/mol. The van der Waals surface area contributed by atoms with Crippen LogP contribution in [0.1, 0.15) is 25.7 Å². The van der Waals surface area contributed by atoms with E-state index in [0.29, 0.717) is 13.0 Å². The van der Waals surface area contributed by atoms with E-state index in [9.17, 15) is 5.11 Å². The standard InChI is InChI=1S/C9H16O2/c1-3-4-5-6-9(10)7-8-11-2/h1,9-10H,4-8H2,2H3. The fourth-order valence-corrected chi connectivity index (χ4v) is 0.838. The van der Waals surface area contributed by atoms with Crippen LogP contribution >= 0.6 is 0 Å². The average molecular weight is 156 g/mol. The third kappa shape index (κ3) is 7.38. The van der Waals surface area contributed by atoms with Crippen LogP contribution in [0.4, 0.5) is 0 Å². The fourth-order valence-electron chi connectivity index (χ4n) is 0.838. The van der Waals surface area contributed by atoms with Gasteiger partial charge in [0.25, 0.3) is 0 Å². The molecule has 2 heteroatoms. The summed E-state index contributed by atoms with van der Waals surface area (Å²) >= 11 is 0. The summed E-state index contributed by atoms with van der Waals surface area (Å²) in [6.07, 6.45) is 7.96. The van der Waals surface area contributed by atoms with Crippen LogP contribution in [0.5, 0.6) is 0 Å². The smallest absolute Gasteiger partial charge is 0.0562 e. The summed E-state index contributed by atoms with van der Waals surface area (Å²) in [6.45, 7) is 0.622. The zero-order valence-electron chi connectivity index (χ0n) is 7.05. The minimum Gasteiger partial charge on any atom is -0.393 e. The molecule has 0 aromatic rings. The Kier molecular flexibility index (Phi) is 7.23. The third-order valence-corrected chi connectivity index (χ3v) is 1.51. The summed E-state index contributed by atoms with van der Waals surface area (Å²) in [7, 11) is 1.63. The van der Waals surface area contributed by atoms with Gasteiger partial charge in [-0.05, 0) is 19.3 Å². The van der Waals surface area contributed by atoms with Gasteiger partial charge < -0.3 is 9.84 Å². The maximum atomic E-state index is 9.26. The number of rotatable bonds is 6. The van der Waals surface area contributed by atoms with E-state index in [1.165, 1.54) is 0 Å². The van der Waals surface area contributed by atoms with Gasteiger partial charge in [0.05, 0.1) is 6.10 Å². The van der Waals surface area contributed by atoms with Crippen LogP contribution in [0.2, 0.25) is 0 Å². The molecule has 0 rings (SSSR count). The lowest BCUT2D eigenvalue weighted by Gasteiger charge is -2.07. The fraction of sp³-hybridized carbons (Fsp3) is 0.778. The van der Waals surface area contributed by atoms with E-state index >= 15 is 0 Å². The van der Waals surface area contributed by atoms with E-state index in [-0.39, 0.29) is 6.10 Å². The molecule has 2 nitrogen and oxygen atoms in total. The summed E-state index contributed by atoms with van der Waals surface area (Å²) in [5, 5.41) is 9.26. The van der Waals surface area contributed by atoms with E-state index in [2.05, 4.69) is 5.92 Å². The van der Waals surface area contributed by atoms with Crippen molar-refractivity contribution in [3.05, 3.63) is 0 Å². The van der Waals surface area contributed by atoms with Gasteiger partial charge in [0.2, 0.25) is 0 Å². The molecule has 1 N–H and O–H groups in total. The van der Waals surface area contributed by atoms with Crippen molar-refractivity contribution in [1.82, 2.24) is 0 Å². The van der Waals surface area contributed by atoms with E-state index in [0.717, 1.165) is 19.3 Å². The van der Waals surface area contributed by atoms with Crippen molar-refractivity contribution in [2.75, 3.05) is 13.7 Å². The van der Waals surface area contributed by atoms with E-state index in [4.69, 9.17) is 11.2 Å². The second kappa shape index (κ2) is 7.59. The van der Waals surface area contributed by atoms with Gasteiger partial charge in [-0.2, -0.15) is 0 Å². The van der Waals surface area contributed by atoms with Crippen LogP contribution in [-0.2, 0) is 4.74 Å². The Hall–Kier alpha value is -0.520. The summed E-state index contributed by atoms with van der Waals surface area (Å²) < 4.78 is 4.82. The van der Waals surface area contributed by atoms with Crippen molar-refractivity contribution in [2.45, 2.75) is 31.8 Å². The largest absolute Gasteiger partial charge is 0.393 e. The number of methoxy groups -OCH3 is 1. The average Bonchev–Trinajstić information content (AvgIpc) is 2.01. The van der Waals surface area contributed by atoms with Crippen LogP contribution in [0.15, 0.2) is 0 Å². The maximum Gasteiger partial charge on any atom is 0.0562 e. The molecule has 0 amide bonds. The van der Waals surface area contributed by atoms with E-state index in [1.807, 2.05) is 0 Å². The minimum atomic E-state index is -0.247. The molecule has 64 valence electrons. The summed E-state index contributed by atoms with van der Waals surface area (Å²) in [4.78, 5) is 0. The Morgan fingerprint density at radius 1 is 1.55 bits per heavy atom. The van der Waals surface area contributed by atoms with Gasteiger partial charge in [-0.15, -0.1) is 12.3 Å². The lowest BCUT2D eigenvalue weighted by Crippen LogP contribution is -2.09. The van der Waals surface area contributed by atoms with Crippen LogP contribution in [0, 0.1) is 12.3 Å². The van der Waals surface area contributed by atoms with Gasteiger partial charge in [0.15, 0.2) is 0 Å². The van der Waals surface area contributed by atoms with Crippen LogP contribution in [0.25, 0.3) is 0 Å². The van der Waals surface area contributed by atoms with Crippen LogP contribution < -0.4 is 0 Å². The van der Waals surface area contributed by atoms with Gasteiger partial charge in [-0.1, -0.05) is 0 Å². The summed E-state index contributed by atoms with van der Waals surface area (Å²) in [5.74, 6) is 2.54. The highest BCUT2D eigenvalue weighted by Gasteiger charge is 2.01. The van der Waals surface area contributed by atoms with Crippen molar-refractivity contribution in [3.63, 3.8) is 0 Å². The van der Waals surface area contributed by atoms with Gasteiger partial charge in [-0.3, -0.25) is 0 Å². The lowest BCUT2D eigenvalue weighted by atomic mass is 10.1. The zero-order valence-corrected chi connectivity index (χ0v) is 7.05. The first kappa shape index (κ1) is 10.5. The molecule has 0 aromatic heterocycles. The molecule has 0 saturated heterocycles. The van der Waals surface area contributed by atoms with Crippen molar-refractivity contribution in [2.24, 2.45) is 0 Å². The predicted octanol–water partition coefficient (Wildman–Crippen LogP) is 1.19. The number of aliphatic hydroxyl groups excluding tert-OH is 1. The lowest BCUT2D eigenvalue weighted by molar-refractivity contribution is 0.103. The Bertz CT molecular complexity index is 115. The van der Waals surface area contributed by atoms with Gasteiger partial charge in [0, 0.05) is 20.1 Å². The summed E-state index contributed by atoms with van der Waals surface area (Å²) in [5.41, 5.74) is 0. The molecule has 0 fully saturated rings. The number of aliphatic hydroxyl groups is 1. The first-order valence-electron chi connectivity index (χ1n) is 3.91. The topological polar surface area (TPSA) is 29.5 Å². The first-order chi connectivity index (χ1) is 5.31. The second-order valence-electron chi connectivity index (χ2n) is 2.53. The zero-order chi connectivity index (χ0) is 8.53. The van der Waals surface area contributed by atoms with Crippen molar-refractivity contribution >= 4 is 0 Å². The molecule has 0 bridgehead atoms. The molecule has 1 unspecified atom stereocenters. The summed E-state index contributed by atoms with van der Waals surface area (Å²) in [6, 6.07) is 0. The highest BCUT2D eigenvalue weighted by Crippen LogP contribution is 2.03. The molecule has 0 radical (unpaired) electrons. The van der Waals surface area contributed by atoms with E-state index < -0.39 is 0 Å². The number of ether oxygens (including phenoxy) is 1. The minimum absolute atomic E-state index is 0.247. The van der Waals surface area contributed by atoms with Crippen molar-refractivity contribution < 1.29 is 9.84 Å². The van der Waals surface area contributed by atoms with E-state index in [1.54, 1.807) is 7.11 Å². The van der Waals surface area contributed by atoms with Crippen LogP contribution in [0.3, 0.4) is 0 Å². The van der Waals surface area contributed by atoms with Gasteiger partial charge in [-0.25, -0.2) is 0 Å². The molecule has 0 aromatic carbocycles. The molecule has 0 heterocycles. The van der Waals surface area contributed by atoms with Crippen molar-refractivity contribution in [3.8, 4) is 12.3 Å². The molecule has 1 atom stereocenters. The quantitative estimate of drug-likeness (QED) is 0.462. The Balaban J connectivity index is 3.10. The van der Waals surface area contributed by atoms with Gasteiger partial charge >= 0.3 is 0 Å². The second-order valence-corrected chi connectivity index (χ2v) is 2.53. The molecule has 0 aliphatic heterocycles. The Morgan fingerprint density at radius 3 is 2.82 bits per heavy atom. The monoisotopic (exact) mass is 156 g/mol. The molecule has 0 saturated carbocycles. The third-order valence-electron chi connectivity index (χ3n) is 1.51. The number of hydrogen-bond acceptors (Lipinski definition) is 2. The molecular weight excluding hydrogens is 140 g/mol. The number of unbranched alkanes of at least 4 members (excludes halogenated alkanes) is 1. The molecule has 0 spiro atoms. The maximum absolute atomic E-state index is 9.26. The number of terminal acetylenes is 1. The SMILES string of the molecule is C#CCCCC(O)CCOC. The highest BCUT2D eigenvalue weighted by atomic mass is 16.5. The van der Waals surface area contributed by atoms with Gasteiger partial charge in [0.1, 0.15) is 0 Å². The molecule has 11 heavy (non-hydrogen) atoms. The Morgan fingerprint density at radius 2 is 2.27 bits per heavy atom.